The number of sulfonamides is 1. The summed E-state index contributed by atoms with van der Waals surface area (Å²) in [4.78, 5) is 5.67. The Hall–Kier alpha value is -2.71. The van der Waals surface area contributed by atoms with Crippen molar-refractivity contribution >= 4 is 26.6 Å². The number of benzene rings is 2. The SMILES string of the molecule is COc1ccc(S(=O)(=O)N2CCN(c3cccc4[nH]ccc34)CC2)cc1OC. The zero-order valence-corrected chi connectivity index (χ0v) is 16.7. The molecule has 28 heavy (non-hydrogen) atoms. The molecule has 148 valence electrons. The quantitative estimate of drug-likeness (QED) is 0.712. The number of H-pyrrole nitrogens is 1. The molecule has 3 aromatic rings. The van der Waals surface area contributed by atoms with Crippen LogP contribution in [0.3, 0.4) is 0 Å². The van der Waals surface area contributed by atoms with E-state index in [1.54, 1.807) is 12.1 Å². The molecule has 1 fully saturated rings. The molecule has 0 bridgehead atoms. The highest BCUT2D eigenvalue weighted by atomic mass is 32.2. The fourth-order valence-electron chi connectivity index (χ4n) is 3.64. The van der Waals surface area contributed by atoms with E-state index < -0.39 is 10.0 Å². The zero-order chi connectivity index (χ0) is 19.7. The number of nitrogens with zero attached hydrogens (tertiary/aromatic N) is 2. The molecule has 4 rings (SSSR count). The topological polar surface area (TPSA) is 74.9 Å². The van der Waals surface area contributed by atoms with E-state index in [9.17, 15) is 8.42 Å². The second kappa shape index (κ2) is 7.37. The standard InChI is InChI=1S/C20H23N3O4S/c1-26-19-7-6-15(14-20(19)27-2)28(24,25)23-12-10-22(11-13-23)18-5-3-4-17-16(18)8-9-21-17/h3-9,14,21H,10-13H2,1-2H3. The largest absolute Gasteiger partial charge is 0.493 e. The van der Waals surface area contributed by atoms with Crippen molar-refractivity contribution in [3.8, 4) is 11.5 Å². The van der Waals surface area contributed by atoms with Crippen molar-refractivity contribution in [1.29, 1.82) is 0 Å². The van der Waals surface area contributed by atoms with Crippen molar-refractivity contribution in [2.24, 2.45) is 0 Å². The molecule has 2 heterocycles. The lowest BCUT2D eigenvalue weighted by molar-refractivity contribution is 0.353. The van der Waals surface area contributed by atoms with Gasteiger partial charge in [0.2, 0.25) is 10.0 Å². The number of hydrogen-bond donors (Lipinski definition) is 1. The molecular formula is C20H23N3O4S. The van der Waals surface area contributed by atoms with Gasteiger partial charge in [0, 0.05) is 55.0 Å². The molecular weight excluding hydrogens is 378 g/mol. The smallest absolute Gasteiger partial charge is 0.243 e. The van der Waals surface area contributed by atoms with Gasteiger partial charge in [-0.2, -0.15) is 4.31 Å². The van der Waals surface area contributed by atoms with Crippen LogP contribution in [-0.4, -0.2) is 58.1 Å². The van der Waals surface area contributed by atoms with Gasteiger partial charge in [-0.3, -0.25) is 0 Å². The molecule has 2 aromatic carbocycles. The number of nitrogens with one attached hydrogen (secondary N) is 1. The Morgan fingerprint density at radius 2 is 1.68 bits per heavy atom. The summed E-state index contributed by atoms with van der Waals surface area (Å²) in [6.45, 7) is 2.13. The molecule has 0 amide bonds. The summed E-state index contributed by atoms with van der Waals surface area (Å²) in [7, 11) is -0.573. The minimum atomic E-state index is -3.59. The maximum absolute atomic E-state index is 13.1. The minimum Gasteiger partial charge on any atom is -0.493 e. The Balaban J connectivity index is 1.54. The lowest BCUT2D eigenvalue weighted by atomic mass is 10.2. The van der Waals surface area contributed by atoms with Gasteiger partial charge in [0.25, 0.3) is 0 Å². The average Bonchev–Trinajstić information content (AvgIpc) is 3.22. The van der Waals surface area contributed by atoms with Crippen molar-refractivity contribution in [1.82, 2.24) is 9.29 Å². The normalized spacial score (nSPS) is 15.7. The first-order valence-corrected chi connectivity index (χ1v) is 10.5. The fourth-order valence-corrected chi connectivity index (χ4v) is 5.08. The van der Waals surface area contributed by atoms with Gasteiger partial charge in [0.05, 0.1) is 19.1 Å². The van der Waals surface area contributed by atoms with Crippen LogP contribution in [0.15, 0.2) is 53.6 Å². The molecule has 0 spiro atoms. The summed E-state index contributed by atoms with van der Waals surface area (Å²) >= 11 is 0. The van der Waals surface area contributed by atoms with Crippen LogP contribution in [0, 0.1) is 0 Å². The number of anilines is 1. The van der Waals surface area contributed by atoms with E-state index in [4.69, 9.17) is 9.47 Å². The van der Waals surface area contributed by atoms with Crippen LogP contribution in [0.2, 0.25) is 0 Å². The third-order valence-electron chi connectivity index (χ3n) is 5.14. The number of piperazine rings is 1. The fraction of sp³-hybridized carbons (Fsp3) is 0.300. The molecule has 0 unspecified atom stereocenters. The van der Waals surface area contributed by atoms with Crippen LogP contribution in [0.1, 0.15) is 0 Å². The number of aromatic amines is 1. The van der Waals surface area contributed by atoms with Crippen molar-refractivity contribution in [2.45, 2.75) is 4.90 Å². The summed E-state index contributed by atoms with van der Waals surface area (Å²) in [6.07, 6.45) is 1.92. The van der Waals surface area contributed by atoms with Gasteiger partial charge in [-0.25, -0.2) is 8.42 Å². The van der Waals surface area contributed by atoms with Gasteiger partial charge in [-0.05, 0) is 30.3 Å². The van der Waals surface area contributed by atoms with Gasteiger partial charge in [0.1, 0.15) is 0 Å². The Kier molecular flexibility index (Phi) is 4.91. The molecule has 0 aliphatic carbocycles. The van der Waals surface area contributed by atoms with E-state index in [2.05, 4.69) is 22.0 Å². The number of methoxy groups -OCH3 is 2. The van der Waals surface area contributed by atoms with Crippen molar-refractivity contribution in [3.05, 3.63) is 48.7 Å². The van der Waals surface area contributed by atoms with Gasteiger partial charge < -0.3 is 19.4 Å². The zero-order valence-electron chi connectivity index (χ0n) is 15.9. The van der Waals surface area contributed by atoms with Crippen LogP contribution >= 0.6 is 0 Å². The number of aromatic nitrogens is 1. The Bertz CT molecular complexity index is 1090. The van der Waals surface area contributed by atoms with Gasteiger partial charge in [-0.1, -0.05) is 6.07 Å². The van der Waals surface area contributed by atoms with Crippen LogP contribution in [0.25, 0.3) is 10.9 Å². The average molecular weight is 401 g/mol. The monoisotopic (exact) mass is 401 g/mol. The number of fused-ring (bicyclic) bond motifs is 1. The predicted molar refractivity (Wildman–Crippen MR) is 109 cm³/mol. The van der Waals surface area contributed by atoms with E-state index in [0.29, 0.717) is 37.7 Å². The Morgan fingerprint density at radius 3 is 2.39 bits per heavy atom. The maximum atomic E-state index is 13.1. The highest BCUT2D eigenvalue weighted by Crippen LogP contribution is 2.32. The summed E-state index contributed by atoms with van der Waals surface area (Å²) in [5.74, 6) is 0.909. The van der Waals surface area contributed by atoms with Crippen molar-refractivity contribution in [3.63, 3.8) is 0 Å². The third kappa shape index (κ3) is 3.18. The van der Waals surface area contributed by atoms with Crippen LogP contribution in [0.4, 0.5) is 5.69 Å². The first-order valence-electron chi connectivity index (χ1n) is 9.08. The molecule has 0 saturated carbocycles. The Morgan fingerprint density at radius 1 is 0.929 bits per heavy atom. The summed E-state index contributed by atoms with van der Waals surface area (Å²) in [5, 5.41) is 1.15. The van der Waals surface area contributed by atoms with Gasteiger partial charge in [0.15, 0.2) is 11.5 Å². The second-order valence-corrected chi connectivity index (χ2v) is 8.56. The molecule has 1 N–H and O–H groups in total. The second-order valence-electron chi connectivity index (χ2n) is 6.62. The van der Waals surface area contributed by atoms with E-state index in [1.807, 2.05) is 18.3 Å². The van der Waals surface area contributed by atoms with E-state index in [1.165, 1.54) is 24.6 Å². The summed E-state index contributed by atoms with van der Waals surface area (Å²) < 4.78 is 38.1. The molecule has 1 aliphatic heterocycles. The van der Waals surface area contributed by atoms with E-state index >= 15 is 0 Å². The Labute approximate surface area is 164 Å². The maximum Gasteiger partial charge on any atom is 0.243 e. The minimum absolute atomic E-state index is 0.214. The van der Waals surface area contributed by atoms with Crippen LogP contribution < -0.4 is 14.4 Å². The molecule has 0 radical (unpaired) electrons. The van der Waals surface area contributed by atoms with Crippen molar-refractivity contribution in [2.75, 3.05) is 45.3 Å². The van der Waals surface area contributed by atoms with Gasteiger partial charge >= 0.3 is 0 Å². The summed E-state index contributed by atoms with van der Waals surface area (Å²) in [5.41, 5.74) is 2.21. The van der Waals surface area contributed by atoms with E-state index in [0.717, 1.165) is 16.6 Å². The van der Waals surface area contributed by atoms with Gasteiger partial charge in [-0.15, -0.1) is 0 Å². The van der Waals surface area contributed by atoms with E-state index in [-0.39, 0.29) is 4.90 Å². The van der Waals surface area contributed by atoms with Crippen molar-refractivity contribution < 1.29 is 17.9 Å². The molecule has 8 heteroatoms. The molecule has 1 aliphatic rings. The predicted octanol–water partition coefficient (Wildman–Crippen LogP) is 2.70. The lowest BCUT2D eigenvalue weighted by Gasteiger charge is -2.35. The molecule has 1 aromatic heterocycles. The van der Waals surface area contributed by atoms with Crippen LogP contribution in [0.5, 0.6) is 11.5 Å². The lowest BCUT2D eigenvalue weighted by Crippen LogP contribution is -2.48. The molecule has 7 nitrogen and oxygen atoms in total. The number of hydrogen-bond acceptors (Lipinski definition) is 5. The number of rotatable bonds is 5. The third-order valence-corrected chi connectivity index (χ3v) is 7.04. The molecule has 0 atom stereocenters. The highest BCUT2D eigenvalue weighted by Gasteiger charge is 2.29. The molecule has 1 saturated heterocycles. The first kappa shape index (κ1) is 18.6. The highest BCUT2D eigenvalue weighted by molar-refractivity contribution is 7.89. The number of ether oxygens (including phenoxy) is 2. The van der Waals surface area contributed by atoms with Crippen LogP contribution in [-0.2, 0) is 10.0 Å². The first-order chi connectivity index (χ1) is 13.5. The summed E-state index contributed by atoms with van der Waals surface area (Å²) in [6, 6.07) is 12.9.